The van der Waals surface area contributed by atoms with Crippen LogP contribution in [0, 0.1) is 0 Å². The highest BCUT2D eigenvalue weighted by atomic mass is 16.6. The van der Waals surface area contributed by atoms with E-state index in [1.165, 1.54) is 19.3 Å². The molecule has 2 saturated carbocycles. The molecule has 0 bridgehead atoms. The molecule has 16 heavy (non-hydrogen) atoms. The highest BCUT2D eigenvalue weighted by Gasteiger charge is 2.28. The maximum Gasteiger partial charge on any atom is 0.407 e. The number of hydrogen-bond donors (Lipinski definition) is 2. The summed E-state index contributed by atoms with van der Waals surface area (Å²) in [6.45, 7) is 0. The lowest BCUT2D eigenvalue weighted by Gasteiger charge is -2.24. The first-order valence-electron chi connectivity index (χ1n) is 6.48. The zero-order valence-corrected chi connectivity index (χ0v) is 9.78. The van der Waals surface area contributed by atoms with Gasteiger partial charge in [-0.15, -0.1) is 0 Å². The van der Waals surface area contributed by atoms with E-state index in [9.17, 15) is 4.79 Å². The number of alkyl carbamates (subject to hydrolysis) is 1. The van der Waals surface area contributed by atoms with E-state index in [-0.39, 0.29) is 18.2 Å². The lowest BCUT2D eigenvalue weighted by atomic mass is 9.96. The summed E-state index contributed by atoms with van der Waals surface area (Å²) in [5, 5.41) is 2.95. The minimum Gasteiger partial charge on any atom is -0.445 e. The molecule has 0 saturated heterocycles. The molecule has 1 amide bonds. The van der Waals surface area contributed by atoms with Crippen LogP contribution in [0.5, 0.6) is 0 Å². The normalized spacial score (nSPS) is 31.3. The van der Waals surface area contributed by atoms with E-state index in [1.807, 2.05) is 0 Å². The zero-order chi connectivity index (χ0) is 11.4. The molecule has 3 N–H and O–H groups in total. The van der Waals surface area contributed by atoms with Gasteiger partial charge in [0.05, 0.1) is 0 Å². The molecule has 0 radical (unpaired) electrons. The van der Waals surface area contributed by atoms with Crippen molar-refractivity contribution >= 4 is 6.09 Å². The Labute approximate surface area is 96.9 Å². The molecule has 92 valence electrons. The second-order valence-electron chi connectivity index (χ2n) is 5.02. The van der Waals surface area contributed by atoms with E-state index in [4.69, 9.17) is 10.5 Å². The minimum atomic E-state index is -0.269. The van der Waals surface area contributed by atoms with Crippen molar-refractivity contribution in [3.05, 3.63) is 0 Å². The standard InChI is InChI=1S/C12H22N2O2/c13-10-7-4-8-11(10)16-12(15)14-9-5-2-1-3-6-9/h9-11H,1-8,13H2,(H,14,15). The molecule has 4 heteroatoms. The maximum absolute atomic E-state index is 11.6. The molecule has 0 aromatic rings. The molecule has 2 unspecified atom stereocenters. The average molecular weight is 226 g/mol. The Kier molecular flexibility index (Phi) is 4.04. The van der Waals surface area contributed by atoms with Gasteiger partial charge in [-0.05, 0) is 32.1 Å². The van der Waals surface area contributed by atoms with Gasteiger partial charge in [0.25, 0.3) is 0 Å². The van der Waals surface area contributed by atoms with Crippen LogP contribution in [0.15, 0.2) is 0 Å². The van der Waals surface area contributed by atoms with Gasteiger partial charge in [-0.2, -0.15) is 0 Å². The minimum absolute atomic E-state index is 0.0390. The Morgan fingerprint density at radius 3 is 2.44 bits per heavy atom. The van der Waals surface area contributed by atoms with E-state index >= 15 is 0 Å². The predicted octanol–water partition coefficient (Wildman–Crippen LogP) is 1.93. The molecule has 2 aliphatic rings. The molecular weight excluding hydrogens is 204 g/mol. The fourth-order valence-electron chi connectivity index (χ4n) is 2.69. The van der Waals surface area contributed by atoms with Gasteiger partial charge in [-0.25, -0.2) is 4.79 Å². The van der Waals surface area contributed by atoms with Crippen LogP contribution < -0.4 is 11.1 Å². The molecule has 4 nitrogen and oxygen atoms in total. The van der Waals surface area contributed by atoms with Crippen molar-refractivity contribution in [1.29, 1.82) is 0 Å². The van der Waals surface area contributed by atoms with Crippen LogP contribution in [0.1, 0.15) is 51.4 Å². The SMILES string of the molecule is NC1CCCC1OC(=O)NC1CCCCC1. The summed E-state index contributed by atoms with van der Waals surface area (Å²) in [5.74, 6) is 0. The smallest absolute Gasteiger partial charge is 0.407 e. The zero-order valence-electron chi connectivity index (χ0n) is 9.78. The van der Waals surface area contributed by atoms with Gasteiger partial charge in [-0.3, -0.25) is 0 Å². The Bertz CT molecular complexity index is 239. The second kappa shape index (κ2) is 5.53. The van der Waals surface area contributed by atoms with Crippen molar-refractivity contribution < 1.29 is 9.53 Å². The van der Waals surface area contributed by atoms with Gasteiger partial charge in [-0.1, -0.05) is 19.3 Å². The molecule has 2 fully saturated rings. The van der Waals surface area contributed by atoms with Gasteiger partial charge in [0.15, 0.2) is 0 Å². The largest absolute Gasteiger partial charge is 0.445 e. The predicted molar refractivity (Wildman–Crippen MR) is 62.1 cm³/mol. The van der Waals surface area contributed by atoms with Gasteiger partial charge in [0.1, 0.15) is 6.10 Å². The van der Waals surface area contributed by atoms with Gasteiger partial charge in [0.2, 0.25) is 0 Å². The Morgan fingerprint density at radius 1 is 1.06 bits per heavy atom. The Morgan fingerprint density at radius 2 is 1.81 bits per heavy atom. The van der Waals surface area contributed by atoms with Crippen molar-refractivity contribution in [3.8, 4) is 0 Å². The fraction of sp³-hybridized carbons (Fsp3) is 0.917. The van der Waals surface area contributed by atoms with E-state index < -0.39 is 0 Å². The first-order valence-corrected chi connectivity index (χ1v) is 6.48. The van der Waals surface area contributed by atoms with Gasteiger partial charge < -0.3 is 15.8 Å². The Balaban J connectivity index is 1.70. The number of ether oxygens (including phenoxy) is 1. The third-order valence-electron chi connectivity index (χ3n) is 3.69. The first-order chi connectivity index (χ1) is 7.75. The van der Waals surface area contributed by atoms with Gasteiger partial charge >= 0.3 is 6.09 Å². The number of nitrogens with one attached hydrogen (secondary N) is 1. The van der Waals surface area contributed by atoms with Crippen LogP contribution in [0.3, 0.4) is 0 Å². The number of nitrogens with two attached hydrogens (primary N) is 1. The van der Waals surface area contributed by atoms with Gasteiger partial charge in [0, 0.05) is 12.1 Å². The van der Waals surface area contributed by atoms with E-state index in [0.29, 0.717) is 6.04 Å². The van der Waals surface area contributed by atoms with Crippen LogP contribution in [0.25, 0.3) is 0 Å². The molecule has 2 rings (SSSR count). The third-order valence-corrected chi connectivity index (χ3v) is 3.69. The first kappa shape index (κ1) is 11.7. The number of carbonyl (C=O) groups excluding carboxylic acids is 1. The van der Waals surface area contributed by atoms with Crippen LogP contribution in [-0.4, -0.2) is 24.3 Å². The highest BCUT2D eigenvalue weighted by Crippen LogP contribution is 2.21. The Hall–Kier alpha value is -0.770. The summed E-state index contributed by atoms with van der Waals surface area (Å²) >= 11 is 0. The lowest BCUT2D eigenvalue weighted by Crippen LogP contribution is -2.41. The monoisotopic (exact) mass is 226 g/mol. The molecule has 0 spiro atoms. The topological polar surface area (TPSA) is 64.3 Å². The third kappa shape index (κ3) is 3.11. The van der Waals surface area contributed by atoms with E-state index in [1.54, 1.807) is 0 Å². The van der Waals surface area contributed by atoms with Crippen molar-refractivity contribution in [2.45, 2.75) is 69.6 Å². The fourth-order valence-corrected chi connectivity index (χ4v) is 2.69. The maximum atomic E-state index is 11.6. The quantitative estimate of drug-likeness (QED) is 0.756. The van der Waals surface area contributed by atoms with Crippen molar-refractivity contribution in [1.82, 2.24) is 5.32 Å². The number of carbonyl (C=O) groups is 1. The van der Waals surface area contributed by atoms with Crippen LogP contribution >= 0.6 is 0 Å². The van der Waals surface area contributed by atoms with Crippen LogP contribution in [-0.2, 0) is 4.74 Å². The molecule has 2 aliphatic carbocycles. The summed E-state index contributed by atoms with van der Waals surface area (Å²) in [6, 6.07) is 0.357. The summed E-state index contributed by atoms with van der Waals surface area (Å²) < 4.78 is 5.35. The molecule has 2 atom stereocenters. The number of amides is 1. The van der Waals surface area contributed by atoms with Crippen molar-refractivity contribution in [2.24, 2.45) is 5.73 Å². The number of rotatable bonds is 2. The summed E-state index contributed by atoms with van der Waals surface area (Å²) in [4.78, 5) is 11.6. The van der Waals surface area contributed by atoms with E-state index in [0.717, 1.165) is 32.1 Å². The summed E-state index contributed by atoms with van der Waals surface area (Å²) in [7, 11) is 0. The van der Waals surface area contributed by atoms with Crippen LogP contribution in [0.2, 0.25) is 0 Å². The summed E-state index contributed by atoms with van der Waals surface area (Å²) in [6.07, 6.45) is 8.53. The molecule has 0 heterocycles. The molecule has 0 aromatic heterocycles. The average Bonchev–Trinajstić information content (AvgIpc) is 2.66. The number of hydrogen-bond acceptors (Lipinski definition) is 3. The van der Waals surface area contributed by atoms with Crippen molar-refractivity contribution in [2.75, 3.05) is 0 Å². The summed E-state index contributed by atoms with van der Waals surface area (Å²) in [5.41, 5.74) is 5.86. The lowest BCUT2D eigenvalue weighted by molar-refractivity contribution is 0.0881. The second-order valence-corrected chi connectivity index (χ2v) is 5.02. The molecule has 0 aromatic carbocycles. The highest BCUT2D eigenvalue weighted by molar-refractivity contribution is 5.67. The molecule has 0 aliphatic heterocycles. The van der Waals surface area contributed by atoms with Crippen molar-refractivity contribution in [3.63, 3.8) is 0 Å². The molecular formula is C12H22N2O2. The van der Waals surface area contributed by atoms with E-state index in [2.05, 4.69) is 5.32 Å². The van der Waals surface area contributed by atoms with Crippen LogP contribution in [0.4, 0.5) is 4.79 Å².